The topological polar surface area (TPSA) is 213 Å². The normalized spacial score (nSPS) is 39.6. The number of aliphatic hydroxyl groups excluding tert-OH is 6. The van der Waals surface area contributed by atoms with Crippen molar-refractivity contribution in [2.24, 2.45) is 0 Å². The Labute approximate surface area is 167 Å². The molecule has 4 rings (SSSR count). The third kappa shape index (κ3) is 3.41. The lowest BCUT2D eigenvalue weighted by Crippen LogP contribution is -2.60. The number of aliphatic hydroxyl groups is 6. The van der Waals surface area contributed by atoms with Crippen LogP contribution in [-0.2, 0) is 14.2 Å². The van der Waals surface area contributed by atoms with E-state index in [4.69, 9.17) is 14.2 Å². The van der Waals surface area contributed by atoms with Gasteiger partial charge in [0.05, 0.1) is 25.9 Å². The first-order valence-electron chi connectivity index (χ1n) is 9.18. The number of aromatic nitrogens is 4. The molecule has 2 saturated heterocycles. The van der Waals surface area contributed by atoms with Crippen LogP contribution in [0.4, 0.5) is 0 Å². The molecule has 0 radical (unpaired) electrons. The molecule has 0 aromatic carbocycles. The zero-order chi connectivity index (χ0) is 21.6. The van der Waals surface area contributed by atoms with Crippen molar-refractivity contribution in [1.29, 1.82) is 0 Å². The number of fused-ring (bicyclic) bond motifs is 1. The minimum absolute atomic E-state index is 0.0205. The van der Waals surface area contributed by atoms with Crippen molar-refractivity contribution in [3.05, 3.63) is 23.0 Å². The third-order valence-corrected chi connectivity index (χ3v) is 5.27. The number of nitrogens with one attached hydrogen (secondary N) is 1. The van der Waals surface area contributed by atoms with Crippen LogP contribution in [0.5, 0.6) is 0 Å². The number of hydrogen-bond donors (Lipinski definition) is 7. The van der Waals surface area contributed by atoms with Gasteiger partial charge in [-0.2, -0.15) is 0 Å². The molecule has 14 nitrogen and oxygen atoms in total. The van der Waals surface area contributed by atoms with E-state index in [-0.39, 0.29) is 11.2 Å². The Balaban J connectivity index is 1.58. The summed E-state index contributed by atoms with van der Waals surface area (Å²) in [6.45, 7) is -1.22. The second-order valence-corrected chi connectivity index (χ2v) is 7.09. The minimum atomic E-state index is -1.69. The highest BCUT2D eigenvalue weighted by Gasteiger charge is 2.51. The molecule has 2 aliphatic rings. The van der Waals surface area contributed by atoms with E-state index in [2.05, 4.69) is 15.0 Å². The van der Waals surface area contributed by atoms with Gasteiger partial charge in [-0.1, -0.05) is 0 Å². The highest BCUT2D eigenvalue weighted by molar-refractivity contribution is 5.68. The molecule has 0 saturated carbocycles. The zero-order valence-corrected chi connectivity index (χ0v) is 15.4. The van der Waals surface area contributed by atoms with Crippen LogP contribution in [-0.4, -0.2) is 112 Å². The maximum Gasteiger partial charge on any atom is 0.278 e. The van der Waals surface area contributed by atoms with Gasteiger partial charge in [-0.15, -0.1) is 0 Å². The second kappa shape index (κ2) is 8.26. The molecule has 166 valence electrons. The van der Waals surface area contributed by atoms with Gasteiger partial charge in [0, 0.05) is 0 Å². The molecule has 14 heteroatoms. The van der Waals surface area contributed by atoms with Crippen LogP contribution in [0.15, 0.2) is 17.4 Å². The van der Waals surface area contributed by atoms with E-state index >= 15 is 0 Å². The van der Waals surface area contributed by atoms with Gasteiger partial charge in [0.2, 0.25) is 0 Å². The molecule has 7 N–H and O–H groups in total. The molecule has 2 aromatic rings. The molecule has 2 aromatic heterocycles. The summed E-state index contributed by atoms with van der Waals surface area (Å²) < 4.78 is 17.8. The predicted molar refractivity (Wildman–Crippen MR) is 93.8 cm³/mol. The van der Waals surface area contributed by atoms with Crippen molar-refractivity contribution in [2.45, 2.75) is 55.2 Å². The number of ether oxygens (including phenoxy) is 3. The highest BCUT2D eigenvalue weighted by atomic mass is 16.7. The average Bonchev–Trinajstić information content (AvgIpc) is 3.30. The number of hydrogen-bond acceptors (Lipinski definition) is 12. The lowest BCUT2D eigenvalue weighted by molar-refractivity contribution is -0.318. The van der Waals surface area contributed by atoms with Crippen molar-refractivity contribution in [3.8, 4) is 0 Å². The van der Waals surface area contributed by atoms with Crippen molar-refractivity contribution >= 4 is 11.2 Å². The molecule has 30 heavy (non-hydrogen) atoms. The largest absolute Gasteiger partial charge is 0.394 e. The summed E-state index contributed by atoms with van der Waals surface area (Å²) in [6, 6.07) is 0. The molecule has 0 unspecified atom stereocenters. The molecule has 2 fully saturated rings. The molecular formula is C16H22N4O10. The van der Waals surface area contributed by atoms with Crippen LogP contribution in [0.25, 0.3) is 11.2 Å². The maximum atomic E-state index is 11.8. The molecule has 9 atom stereocenters. The number of H-pyrrole nitrogens is 1. The van der Waals surface area contributed by atoms with E-state index in [1.165, 1.54) is 10.9 Å². The Bertz CT molecular complexity index is 934. The van der Waals surface area contributed by atoms with Crippen molar-refractivity contribution < 1.29 is 44.8 Å². The Morgan fingerprint density at radius 1 is 1.00 bits per heavy atom. The smallest absolute Gasteiger partial charge is 0.278 e. The van der Waals surface area contributed by atoms with Crippen LogP contribution >= 0.6 is 0 Å². The fourth-order valence-corrected chi connectivity index (χ4v) is 3.65. The van der Waals surface area contributed by atoms with Crippen molar-refractivity contribution in [3.63, 3.8) is 0 Å². The molecule has 0 bridgehead atoms. The first-order chi connectivity index (χ1) is 14.4. The summed E-state index contributed by atoms with van der Waals surface area (Å²) >= 11 is 0. The first-order valence-corrected chi connectivity index (χ1v) is 9.18. The Morgan fingerprint density at radius 2 is 1.73 bits per heavy atom. The van der Waals surface area contributed by atoms with Gasteiger partial charge in [-0.25, -0.2) is 9.97 Å². The Hall–Kier alpha value is -2.01. The van der Waals surface area contributed by atoms with Gasteiger partial charge in [-0.05, 0) is 0 Å². The van der Waals surface area contributed by atoms with E-state index in [1.54, 1.807) is 0 Å². The SMILES string of the molecule is O=c1[nH]cnc2c1ncn2[C@@H]1O[C@H](CO)[C@@H](O[C@H]2O[C@H](CO)[C@@H](O)[C@H](O)[C@H]2O)[C@H]1O. The molecule has 0 spiro atoms. The lowest BCUT2D eigenvalue weighted by Gasteiger charge is -2.41. The summed E-state index contributed by atoms with van der Waals surface area (Å²) in [5.74, 6) is 0. The summed E-state index contributed by atoms with van der Waals surface area (Å²) in [4.78, 5) is 22.2. The van der Waals surface area contributed by atoms with Crippen LogP contribution in [0.3, 0.4) is 0 Å². The molecule has 4 heterocycles. The quantitative estimate of drug-likeness (QED) is 0.239. The first kappa shape index (κ1) is 21.2. The molecular weight excluding hydrogens is 408 g/mol. The standard InChI is InChI=1S/C16H22N4O10/c21-1-5-8(23)9(24)10(25)16(29-5)30-12-6(2-22)28-15(11(12)26)20-4-19-7-13(20)17-3-18-14(7)27/h3-6,8-12,15-16,21-26H,1-2H2,(H,17,18,27)/t5-,6-,8-,9+,10-,11-,12-,15-,16-/m1/s1. The number of imidazole rings is 1. The summed E-state index contributed by atoms with van der Waals surface area (Å²) in [5, 5.41) is 59.7. The third-order valence-electron chi connectivity index (χ3n) is 5.27. The molecule has 0 aliphatic carbocycles. The van der Waals surface area contributed by atoms with Gasteiger partial charge in [0.1, 0.15) is 42.7 Å². The van der Waals surface area contributed by atoms with Gasteiger partial charge in [-0.3, -0.25) is 9.36 Å². The zero-order valence-electron chi connectivity index (χ0n) is 15.4. The highest BCUT2D eigenvalue weighted by Crippen LogP contribution is 2.35. The minimum Gasteiger partial charge on any atom is -0.394 e. The van der Waals surface area contributed by atoms with Crippen molar-refractivity contribution in [2.75, 3.05) is 13.2 Å². The predicted octanol–water partition coefficient (Wildman–Crippen LogP) is -4.44. The molecule has 2 aliphatic heterocycles. The van der Waals surface area contributed by atoms with Gasteiger partial charge in [0.25, 0.3) is 5.56 Å². The van der Waals surface area contributed by atoms with Crippen LogP contribution in [0.1, 0.15) is 6.23 Å². The van der Waals surface area contributed by atoms with Gasteiger partial charge >= 0.3 is 0 Å². The Kier molecular flexibility index (Phi) is 5.84. The monoisotopic (exact) mass is 430 g/mol. The number of rotatable bonds is 5. The van der Waals surface area contributed by atoms with E-state index in [0.717, 1.165) is 6.33 Å². The van der Waals surface area contributed by atoms with Crippen molar-refractivity contribution in [1.82, 2.24) is 19.5 Å². The number of aromatic amines is 1. The maximum absolute atomic E-state index is 11.8. The number of nitrogens with zero attached hydrogens (tertiary/aromatic N) is 3. The summed E-state index contributed by atoms with van der Waals surface area (Å²) in [7, 11) is 0. The Morgan fingerprint density at radius 3 is 2.43 bits per heavy atom. The second-order valence-electron chi connectivity index (χ2n) is 7.09. The van der Waals surface area contributed by atoms with Gasteiger partial charge in [0.15, 0.2) is 23.7 Å². The van der Waals surface area contributed by atoms with E-state index < -0.39 is 74.0 Å². The average molecular weight is 430 g/mol. The van der Waals surface area contributed by atoms with E-state index in [9.17, 15) is 35.4 Å². The van der Waals surface area contributed by atoms with E-state index in [1.807, 2.05) is 0 Å². The fourth-order valence-electron chi connectivity index (χ4n) is 3.65. The molecule has 0 amide bonds. The van der Waals surface area contributed by atoms with Crippen LogP contribution in [0, 0.1) is 0 Å². The van der Waals surface area contributed by atoms with E-state index in [0.29, 0.717) is 0 Å². The van der Waals surface area contributed by atoms with Gasteiger partial charge < -0.3 is 49.8 Å². The van der Waals surface area contributed by atoms with Crippen LogP contribution in [0.2, 0.25) is 0 Å². The summed E-state index contributed by atoms with van der Waals surface area (Å²) in [6.07, 6.45) is -10.1. The summed E-state index contributed by atoms with van der Waals surface area (Å²) in [5.41, 5.74) is -0.334. The lowest BCUT2D eigenvalue weighted by atomic mass is 9.99. The fraction of sp³-hybridized carbons (Fsp3) is 0.688. The van der Waals surface area contributed by atoms with Crippen LogP contribution < -0.4 is 5.56 Å².